The van der Waals surface area contributed by atoms with Crippen LogP contribution in [0.2, 0.25) is 0 Å². The van der Waals surface area contributed by atoms with Crippen LogP contribution in [-0.2, 0) is 6.42 Å². The molecule has 0 aliphatic carbocycles. The Morgan fingerprint density at radius 1 is 1.30 bits per heavy atom. The van der Waals surface area contributed by atoms with Crippen molar-refractivity contribution in [2.45, 2.75) is 45.8 Å². The lowest BCUT2D eigenvalue weighted by atomic mass is 9.88. The first-order valence-electron chi connectivity index (χ1n) is 8.00. The van der Waals surface area contributed by atoms with Crippen molar-refractivity contribution in [1.29, 1.82) is 0 Å². The Kier molecular flexibility index (Phi) is 4.06. The fourth-order valence-corrected chi connectivity index (χ4v) is 3.21. The van der Waals surface area contributed by atoms with E-state index in [0.29, 0.717) is 22.6 Å². The monoisotopic (exact) mass is 318 g/mol. The summed E-state index contributed by atoms with van der Waals surface area (Å²) in [5.41, 5.74) is 1.37. The van der Waals surface area contributed by atoms with Crippen molar-refractivity contribution in [3.05, 3.63) is 33.7 Å². The minimum absolute atomic E-state index is 0.0979. The molecule has 2 heterocycles. The predicted octanol–water partition coefficient (Wildman–Crippen LogP) is 3.20. The molecule has 0 bridgehead atoms. The quantitative estimate of drug-likeness (QED) is 0.880. The van der Waals surface area contributed by atoms with Crippen molar-refractivity contribution >= 4 is 11.0 Å². The molecule has 1 N–H and O–H groups in total. The summed E-state index contributed by atoms with van der Waals surface area (Å²) in [6.07, 6.45) is 0.748. The van der Waals surface area contributed by atoms with Crippen molar-refractivity contribution in [2.75, 3.05) is 7.11 Å². The number of aryl methyl sites for hydroxylation is 1. The molecule has 124 valence electrons. The Bertz CT molecular complexity index is 792. The molecule has 0 fully saturated rings. The van der Waals surface area contributed by atoms with Gasteiger partial charge >= 0.3 is 5.63 Å². The first-order chi connectivity index (χ1) is 11.0. The Hall–Kier alpha value is -2.01. The molecule has 1 aromatic carbocycles. The van der Waals surface area contributed by atoms with Crippen LogP contribution in [0.15, 0.2) is 21.3 Å². The summed E-state index contributed by atoms with van der Waals surface area (Å²) in [5.74, 6) is 1.02. The van der Waals surface area contributed by atoms with E-state index in [1.807, 2.05) is 20.8 Å². The predicted molar refractivity (Wildman–Crippen MR) is 87.2 cm³/mol. The highest BCUT2D eigenvalue weighted by molar-refractivity contribution is 5.91. The van der Waals surface area contributed by atoms with E-state index in [1.165, 1.54) is 6.07 Å². The van der Waals surface area contributed by atoms with E-state index in [4.69, 9.17) is 13.9 Å². The van der Waals surface area contributed by atoms with E-state index in [2.05, 4.69) is 0 Å². The van der Waals surface area contributed by atoms with E-state index < -0.39 is 11.7 Å². The van der Waals surface area contributed by atoms with Crippen LogP contribution in [0.3, 0.4) is 0 Å². The van der Waals surface area contributed by atoms with Gasteiger partial charge < -0.3 is 19.0 Å². The molecule has 0 amide bonds. The Labute approximate surface area is 134 Å². The Balaban J connectivity index is 2.40. The van der Waals surface area contributed by atoms with Crippen molar-refractivity contribution in [3.8, 4) is 11.5 Å². The van der Waals surface area contributed by atoms with Gasteiger partial charge in [0.1, 0.15) is 17.6 Å². The second kappa shape index (κ2) is 5.89. The average molecular weight is 318 g/mol. The molecule has 1 aromatic heterocycles. The summed E-state index contributed by atoms with van der Waals surface area (Å²) in [6.45, 7) is 5.88. The summed E-state index contributed by atoms with van der Waals surface area (Å²) < 4.78 is 16.9. The average Bonchev–Trinajstić information content (AvgIpc) is 2.51. The third kappa shape index (κ3) is 2.49. The summed E-state index contributed by atoms with van der Waals surface area (Å²) in [7, 11) is 1.58. The van der Waals surface area contributed by atoms with Gasteiger partial charge in [0.25, 0.3) is 0 Å². The molecule has 23 heavy (non-hydrogen) atoms. The van der Waals surface area contributed by atoms with Crippen molar-refractivity contribution in [3.63, 3.8) is 0 Å². The van der Waals surface area contributed by atoms with Gasteiger partial charge in [0.2, 0.25) is 0 Å². The largest absolute Gasteiger partial charge is 0.496 e. The lowest BCUT2D eigenvalue weighted by Crippen LogP contribution is -2.32. The first-order valence-corrected chi connectivity index (χ1v) is 8.00. The number of hydrogen-bond acceptors (Lipinski definition) is 5. The molecule has 5 nitrogen and oxygen atoms in total. The van der Waals surface area contributed by atoms with Gasteiger partial charge in [-0.1, -0.05) is 20.3 Å². The van der Waals surface area contributed by atoms with Crippen molar-refractivity contribution in [2.24, 2.45) is 5.92 Å². The van der Waals surface area contributed by atoms with E-state index in [9.17, 15) is 9.90 Å². The minimum Gasteiger partial charge on any atom is -0.496 e. The van der Waals surface area contributed by atoms with Gasteiger partial charge in [0.05, 0.1) is 24.2 Å². The number of benzene rings is 1. The van der Waals surface area contributed by atoms with Gasteiger partial charge in [0.15, 0.2) is 5.58 Å². The number of hydrogen-bond donors (Lipinski definition) is 1. The van der Waals surface area contributed by atoms with Crippen LogP contribution in [0.5, 0.6) is 11.5 Å². The van der Waals surface area contributed by atoms with E-state index in [0.717, 1.165) is 23.8 Å². The Morgan fingerprint density at radius 2 is 2.04 bits per heavy atom. The number of ether oxygens (including phenoxy) is 2. The zero-order valence-electron chi connectivity index (χ0n) is 13.9. The fraction of sp³-hybridized carbons (Fsp3) is 0.500. The molecule has 0 saturated heterocycles. The van der Waals surface area contributed by atoms with Crippen LogP contribution in [0, 0.1) is 5.92 Å². The SMILES string of the molecule is CCCc1cc(=O)oc2c3c(cc(OC)c12)O[C@H](C)C(C)[C@H]3O. The highest BCUT2D eigenvalue weighted by Crippen LogP contribution is 2.46. The topological polar surface area (TPSA) is 68.9 Å². The highest BCUT2D eigenvalue weighted by Gasteiger charge is 2.35. The van der Waals surface area contributed by atoms with Gasteiger partial charge in [-0.2, -0.15) is 0 Å². The summed E-state index contributed by atoms with van der Waals surface area (Å²) >= 11 is 0. The van der Waals surface area contributed by atoms with Gasteiger partial charge in [-0.25, -0.2) is 4.79 Å². The molecule has 2 aromatic rings. The first kappa shape index (κ1) is 15.9. The summed E-state index contributed by atoms with van der Waals surface area (Å²) in [4.78, 5) is 12.0. The minimum atomic E-state index is -0.748. The lowest BCUT2D eigenvalue weighted by molar-refractivity contribution is 0.0178. The van der Waals surface area contributed by atoms with Gasteiger partial charge in [-0.05, 0) is 18.9 Å². The third-order valence-corrected chi connectivity index (χ3v) is 4.65. The molecule has 0 saturated carbocycles. The molecule has 3 atom stereocenters. The molecule has 1 aliphatic heterocycles. The highest BCUT2D eigenvalue weighted by atomic mass is 16.5. The van der Waals surface area contributed by atoms with Crippen LogP contribution in [0.25, 0.3) is 11.0 Å². The second-order valence-electron chi connectivity index (χ2n) is 6.16. The molecular formula is C18H22O5. The Morgan fingerprint density at radius 3 is 2.70 bits per heavy atom. The molecule has 1 unspecified atom stereocenters. The molecular weight excluding hydrogens is 296 g/mol. The van der Waals surface area contributed by atoms with Crippen molar-refractivity contribution in [1.82, 2.24) is 0 Å². The smallest absolute Gasteiger partial charge is 0.336 e. The molecule has 1 aliphatic rings. The van der Waals surface area contributed by atoms with Gasteiger partial charge in [-0.3, -0.25) is 0 Å². The number of aliphatic hydroxyl groups excluding tert-OH is 1. The lowest BCUT2D eigenvalue weighted by Gasteiger charge is -2.34. The number of rotatable bonds is 3. The summed E-state index contributed by atoms with van der Waals surface area (Å²) in [5, 5.41) is 11.4. The van der Waals surface area contributed by atoms with E-state index in [-0.39, 0.29) is 12.0 Å². The van der Waals surface area contributed by atoms with Crippen LogP contribution in [-0.4, -0.2) is 18.3 Å². The maximum absolute atomic E-state index is 12.0. The zero-order valence-corrected chi connectivity index (χ0v) is 13.9. The zero-order chi connectivity index (χ0) is 16.7. The maximum Gasteiger partial charge on any atom is 0.336 e. The normalized spacial score (nSPS) is 23.4. The van der Waals surface area contributed by atoms with Gasteiger partial charge in [-0.15, -0.1) is 0 Å². The van der Waals surface area contributed by atoms with E-state index in [1.54, 1.807) is 13.2 Å². The number of methoxy groups -OCH3 is 1. The fourth-order valence-electron chi connectivity index (χ4n) is 3.21. The van der Waals surface area contributed by atoms with Crippen LogP contribution in [0.4, 0.5) is 0 Å². The van der Waals surface area contributed by atoms with Gasteiger partial charge in [0, 0.05) is 18.1 Å². The van der Waals surface area contributed by atoms with Crippen LogP contribution >= 0.6 is 0 Å². The standard InChI is InChI=1S/C18H22O5/c1-5-6-11-7-14(19)23-18-15(11)12(21-4)8-13-16(18)17(20)9(2)10(3)22-13/h7-10,17,20H,5-6H2,1-4H3/t9?,10-,17-/m1/s1. The molecule has 5 heteroatoms. The summed E-state index contributed by atoms with van der Waals surface area (Å²) in [6, 6.07) is 3.28. The number of fused-ring (bicyclic) bond motifs is 3. The van der Waals surface area contributed by atoms with E-state index >= 15 is 0 Å². The van der Waals surface area contributed by atoms with Crippen molar-refractivity contribution < 1.29 is 19.0 Å². The maximum atomic E-state index is 12.0. The second-order valence-corrected chi connectivity index (χ2v) is 6.16. The molecule has 3 rings (SSSR count). The van der Waals surface area contributed by atoms with Crippen LogP contribution < -0.4 is 15.1 Å². The molecule has 0 radical (unpaired) electrons. The number of aliphatic hydroxyl groups is 1. The molecule has 0 spiro atoms. The van der Waals surface area contributed by atoms with Crippen LogP contribution in [0.1, 0.15) is 44.4 Å². The third-order valence-electron chi connectivity index (χ3n) is 4.65.